The predicted octanol–water partition coefficient (Wildman–Crippen LogP) is 4.29. The minimum atomic E-state index is 0.223. The molecule has 2 heterocycles. The molecule has 0 radical (unpaired) electrons. The van der Waals surface area contributed by atoms with Crippen molar-refractivity contribution in [3.63, 3.8) is 0 Å². The molecule has 0 aliphatic carbocycles. The van der Waals surface area contributed by atoms with Gasteiger partial charge in [0.15, 0.2) is 5.78 Å². The van der Waals surface area contributed by atoms with Gasteiger partial charge in [-0.15, -0.1) is 11.3 Å². The van der Waals surface area contributed by atoms with E-state index in [1.54, 1.807) is 0 Å². The van der Waals surface area contributed by atoms with Gasteiger partial charge in [0.05, 0.1) is 4.88 Å². The first-order chi connectivity index (χ1) is 8.75. The van der Waals surface area contributed by atoms with Crippen LogP contribution in [0.3, 0.4) is 0 Å². The van der Waals surface area contributed by atoms with Gasteiger partial charge in [-0.3, -0.25) is 4.79 Å². The van der Waals surface area contributed by atoms with Crippen molar-refractivity contribution in [2.24, 2.45) is 0 Å². The van der Waals surface area contributed by atoms with E-state index in [1.165, 1.54) is 22.6 Å². The Hall–Kier alpha value is -1.13. The molecule has 1 aliphatic heterocycles. The number of fused-ring (bicyclic) bond motifs is 1. The first-order valence-corrected chi connectivity index (χ1v) is 7.52. The minimum absolute atomic E-state index is 0.223. The van der Waals surface area contributed by atoms with E-state index in [0.717, 1.165) is 15.9 Å². The van der Waals surface area contributed by atoms with Crippen molar-refractivity contribution in [3.8, 4) is 0 Å². The summed E-state index contributed by atoms with van der Waals surface area (Å²) in [5, 5.41) is 5.30. The van der Waals surface area contributed by atoms with Gasteiger partial charge >= 0.3 is 0 Å². The predicted molar refractivity (Wildman–Crippen MR) is 78.6 cm³/mol. The zero-order chi connectivity index (χ0) is 12.5. The summed E-state index contributed by atoms with van der Waals surface area (Å²) in [6.07, 6.45) is 0.573. The van der Waals surface area contributed by atoms with Crippen LogP contribution in [0.4, 0.5) is 5.69 Å². The van der Waals surface area contributed by atoms with Gasteiger partial charge in [0, 0.05) is 29.0 Å². The molecule has 1 aromatic heterocycles. The lowest BCUT2D eigenvalue weighted by atomic mass is 9.95. The minimum Gasteiger partial charge on any atom is -0.384 e. The summed E-state index contributed by atoms with van der Waals surface area (Å²) < 4.78 is 0.914. The van der Waals surface area contributed by atoms with Crippen LogP contribution < -0.4 is 5.32 Å². The molecule has 0 bridgehead atoms. The van der Waals surface area contributed by atoms with Crippen molar-refractivity contribution in [2.45, 2.75) is 12.3 Å². The fourth-order valence-corrected chi connectivity index (χ4v) is 3.89. The van der Waals surface area contributed by atoms with Gasteiger partial charge in [-0.2, -0.15) is 0 Å². The summed E-state index contributed by atoms with van der Waals surface area (Å²) in [6.45, 7) is 0.855. The van der Waals surface area contributed by atoms with E-state index in [2.05, 4.69) is 33.4 Å². The summed E-state index contributed by atoms with van der Waals surface area (Å²) in [6, 6.07) is 10.2. The van der Waals surface area contributed by atoms with Crippen molar-refractivity contribution < 1.29 is 4.79 Å². The Bertz CT molecular complexity index is 593. The van der Waals surface area contributed by atoms with Crippen molar-refractivity contribution >= 4 is 38.7 Å². The number of thiophene rings is 1. The molecular weight excluding hydrogens is 310 g/mol. The number of ketones is 1. The Balaban J connectivity index is 1.79. The van der Waals surface area contributed by atoms with Crippen LogP contribution in [0.2, 0.25) is 0 Å². The normalized spacial score (nSPS) is 17.3. The zero-order valence-electron chi connectivity index (χ0n) is 9.65. The summed E-state index contributed by atoms with van der Waals surface area (Å²) in [4.78, 5) is 13.1. The summed E-state index contributed by atoms with van der Waals surface area (Å²) in [5.74, 6) is 0.517. The Morgan fingerprint density at radius 1 is 1.39 bits per heavy atom. The SMILES string of the molecule is O=C(CC1CNc2ccccc21)c1sccc1Br. The first kappa shape index (κ1) is 11.9. The van der Waals surface area contributed by atoms with Crippen LogP contribution in [0.1, 0.15) is 27.6 Å². The number of rotatable bonds is 3. The van der Waals surface area contributed by atoms with Crippen LogP contribution in [-0.2, 0) is 0 Å². The lowest BCUT2D eigenvalue weighted by Gasteiger charge is -2.08. The number of anilines is 1. The number of hydrogen-bond acceptors (Lipinski definition) is 3. The van der Waals surface area contributed by atoms with E-state index < -0.39 is 0 Å². The van der Waals surface area contributed by atoms with E-state index in [-0.39, 0.29) is 5.78 Å². The second-order valence-electron chi connectivity index (χ2n) is 4.39. The van der Waals surface area contributed by atoms with Gasteiger partial charge in [0.2, 0.25) is 0 Å². The standard InChI is InChI=1S/C14H12BrNOS/c15-11-5-6-18-14(11)13(17)7-9-8-16-12-4-2-1-3-10(9)12/h1-6,9,16H,7-8H2. The third-order valence-corrected chi connectivity index (χ3v) is 5.12. The maximum absolute atomic E-state index is 12.2. The molecule has 2 aromatic rings. The van der Waals surface area contributed by atoms with E-state index >= 15 is 0 Å². The topological polar surface area (TPSA) is 29.1 Å². The fraction of sp³-hybridized carbons (Fsp3) is 0.214. The highest BCUT2D eigenvalue weighted by atomic mass is 79.9. The molecular formula is C14H12BrNOS. The van der Waals surface area contributed by atoms with Gasteiger partial charge in [-0.1, -0.05) is 18.2 Å². The smallest absolute Gasteiger partial charge is 0.174 e. The van der Waals surface area contributed by atoms with Gasteiger partial charge < -0.3 is 5.32 Å². The van der Waals surface area contributed by atoms with Crippen molar-refractivity contribution in [2.75, 3.05) is 11.9 Å². The molecule has 0 saturated heterocycles. The largest absolute Gasteiger partial charge is 0.384 e. The van der Waals surface area contributed by atoms with Crippen molar-refractivity contribution in [3.05, 3.63) is 50.6 Å². The molecule has 2 nitrogen and oxygen atoms in total. The van der Waals surface area contributed by atoms with Crippen molar-refractivity contribution in [1.82, 2.24) is 0 Å². The molecule has 18 heavy (non-hydrogen) atoms. The highest BCUT2D eigenvalue weighted by Gasteiger charge is 2.25. The van der Waals surface area contributed by atoms with Crippen LogP contribution in [0.15, 0.2) is 40.2 Å². The quantitative estimate of drug-likeness (QED) is 0.854. The van der Waals surface area contributed by atoms with Gasteiger partial charge in [0.25, 0.3) is 0 Å². The molecule has 0 spiro atoms. The number of benzene rings is 1. The highest BCUT2D eigenvalue weighted by molar-refractivity contribution is 9.10. The molecule has 4 heteroatoms. The Morgan fingerprint density at radius 3 is 3.00 bits per heavy atom. The number of Topliss-reactive ketones (excluding diaryl/α,β-unsaturated/α-hetero) is 1. The third-order valence-electron chi connectivity index (χ3n) is 3.24. The van der Waals surface area contributed by atoms with Gasteiger partial charge in [-0.25, -0.2) is 0 Å². The molecule has 92 valence electrons. The fourth-order valence-electron chi connectivity index (χ4n) is 2.35. The third kappa shape index (κ3) is 2.10. The number of carbonyl (C=O) groups is 1. The van der Waals surface area contributed by atoms with Gasteiger partial charge in [0.1, 0.15) is 0 Å². The molecule has 1 aliphatic rings. The maximum atomic E-state index is 12.2. The van der Waals surface area contributed by atoms with Crippen LogP contribution in [0, 0.1) is 0 Å². The second kappa shape index (κ2) is 4.86. The molecule has 0 saturated carbocycles. The number of para-hydroxylation sites is 1. The molecule has 3 rings (SSSR count). The monoisotopic (exact) mass is 321 g/mol. The number of carbonyl (C=O) groups excluding carboxylic acids is 1. The van der Waals surface area contributed by atoms with E-state index in [1.807, 2.05) is 23.6 Å². The molecule has 0 amide bonds. The summed E-state index contributed by atoms with van der Waals surface area (Å²) in [7, 11) is 0. The number of hydrogen-bond donors (Lipinski definition) is 1. The Kier molecular flexibility index (Phi) is 3.22. The molecule has 0 fully saturated rings. The van der Waals surface area contributed by atoms with Crippen molar-refractivity contribution in [1.29, 1.82) is 0 Å². The molecule has 1 unspecified atom stereocenters. The highest BCUT2D eigenvalue weighted by Crippen LogP contribution is 2.35. The van der Waals surface area contributed by atoms with E-state index in [4.69, 9.17) is 0 Å². The average Bonchev–Trinajstić information content (AvgIpc) is 2.97. The number of nitrogens with one attached hydrogen (secondary N) is 1. The van der Waals surface area contributed by atoms with E-state index in [9.17, 15) is 4.79 Å². The first-order valence-electron chi connectivity index (χ1n) is 5.84. The molecule has 1 N–H and O–H groups in total. The van der Waals surface area contributed by atoms with Crippen LogP contribution in [0.25, 0.3) is 0 Å². The second-order valence-corrected chi connectivity index (χ2v) is 6.16. The van der Waals surface area contributed by atoms with Gasteiger partial charge in [-0.05, 0) is 39.0 Å². The Morgan fingerprint density at radius 2 is 2.22 bits per heavy atom. The summed E-state index contributed by atoms with van der Waals surface area (Å²) >= 11 is 4.93. The molecule has 1 atom stereocenters. The van der Waals surface area contributed by atoms with Crippen LogP contribution >= 0.6 is 27.3 Å². The lowest BCUT2D eigenvalue weighted by molar-refractivity contribution is 0.0979. The van der Waals surface area contributed by atoms with E-state index in [0.29, 0.717) is 12.3 Å². The number of halogens is 1. The Labute approximate surface area is 118 Å². The van der Waals surface area contributed by atoms with Crippen LogP contribution in [0.5, 0.6) is 0 Å². The summed E-state index contributed by atoms with van der Waals surface area (Å²) in [5.41, 5.74) is 2.43. The maximum Gasteiger partial charge on any atom is 0.174 e. The zero-order valence-corrected chi connectivity index (χ0v) is 12.1. The average molecular weight is 322 g/mol. The molecule has 1 aromatic carbocycles. The van der Waals surface area contributed by atoms with Crippen LogP contribution in [-0.4, -0.2) is 12.3 Å². The lowest BCUT2D eigenvalue weighted by Crippen LogP contribution is -2.08.